The molecule has 128 valence electrons. The van der Waals surface area contributed by atoms with Crippen molar-refractivity contribution >= 4 is 12.1 Å². The van der Waals surface area contributed by atoms with Crippen LogP contribution in [0.2, 0.25) is 0 Å². The number of carbonyl (C=O) groups excluding carboxylic acids is 1. The van der Waals surface area contributed by atoms with Gasteiger partial charge in [0, 0.05) is 12.6 Å². The Balaban J connectivity index is 3.16. The molecule has 0 atom stereocenters. The van der Waals surface area contributed by atoms with Crippen LogP contribution < -0.4 is 0 Å². The first-order valence-corrected chi connectivity index (χ1v) is 9.47. The molecule has 0 aliphatic carbocycles. The molecule has 0 spiro atoms. The molecular weight excluding hydrogens is 270 g/mol. The highest BCUT2D eigenvalue weighted by atomic mass is 16.1. The lowest BCUT2D eigenvalue weighted by Crippen LogP contribution is -1.92. The van der Waals surface area contributed by atoms with Gasteiger partial charge in [0.05, 0.1) is 0 Å². The quantitative estimate of drug-likeness (QED) is 0.189. The first kappa shape index (κ1) is 21.1. The molecule has 0 radical (unpaired) electrons. The van der Waals surface area contributed by atoms with Gasteiger partial charge in [-0.1, -0.05) is 70.4 Å². The van der Waals surface area contributed by atoms with Crippen LogP contribution in [0.4, 0.5) is 0 Å². The molecule has 0 aromatic rings. The zero-order valence-electron chi connectivity index (χ0n) is 15.0. The van der Waals surface area contributed by atoms with Gasteiger partial charge >= 0.3 is 0 Å². The molecule has 0 fully saturated rings. The molecule has 0 N–H and O–H groups in total. The highest BCUT2D eigenvalue weighted by Gasteiger charge is 1.97. The van der Waals surface area contributed by atoms with Gasteiger partial charge in [0.2, 0.25) is 5.91 Å². The molecule has 0 rings (SSSR count). The van der Waals surface area contributed by atoms with E-state index in [2.05, 4.69) is 24.1 Å². The van der Waals surface area contributed by atoms with Gasteiger partial charge in [-0.3, -0.25) is 4.79 Å². The van der Waals surface area contributed by atoms with Gasteiger partial charge in [0.25, 0.3) is 0 Å². The summed E-state index contributed by atoms with van der Waals surface area (Å²) >= 11 is 0. The van der Waals surface area contributed by atoms with E-state index in [1.807, 2.05) is 0 Å². The van der Waals surface area contributed by atoms with Crippen LogP contribution in [0.25, 0.3) is 0 Å². The Morgan fingerprint density at radius 2 is 1.27 bits per heavy atom. The highest BCUT2D eigenvalue weighted by Crippen LogP contribution is 2.10. The molecule has 0 bridgehead atoms. The Morgan fingerprint density at radius 1 is 0.773 bits per heavy atom. The van der Waals surface area contributed by atoms with Crippen LogP contribution in [-0.4, -0.2) is 12.1 Å². The Hall–Kier alpha value is -0.920. The molecule has 0 saturated heterocycles. The van der Waals surface area contributed by atoms with Crippen LogP contribution in [0, 0.1) is 0 Å². The minimum absolute atomic E-state index is 0.0279. The first-order valence-electron chi connectivity index (χ1n) is 9.47. The topological polar surface area (TPSA) is 29.4 Å². The lowest BCUT2D eigenvalue weighted by Gasteiger charge is -1.99. The van der Waals surface area contributed by atoms with Crippen molar-refractivity contribution in [2.24, 2.45) is 4.99 Å². The molecule has 0 heterocycles. The summed E-state index contributed by atoms with van der Waals surface area (Å²) < 4.78 is 0. The van der Waals surface area contributed by atoms with Gasteiger partial charge in [-0.25, -0.2) is 4.99 Å². The zero-order valence-corrected chi connectivity index (χ0v) is 15.0. The highest BCUT2D eigenvalue weighted by molar-refractivity contribution is 5.84. The van der Waals surface area contributed by atoms with Crippen molar-refractivity contribution in [2.75, 3.05) is 0 Å². The second-order valence-electron chi connectivity index (χ2n) is 6.12. The van der Waals surface area contributed by atoms with Crippen molar-refractivity contribution in [3.05, 3.63) is 12.2 Å². The predicted molar refractivity (Wildman–Crippen MR) is 98.6 cm³/mol. The van der Waals surface area contributed by atoms with Crippen molar-refractivity contribution < 1.29 is 4.79 Å². The normalized spacial score (nSPS) is 11.7. The zero-order chi connectivity index (χ0) is 16.3. The van der Waals surface area contributed by atoms with E-state index in [-0.39, 0.29) is 5.91 Å². The number of rotatable bonds is 15. The molecule has 1 amide bonds. The number of aliphatic imine (C=N–C) groups is 1. The van der Waals surface area contributed by atoms with Gasteiger partial charge in [-0.15, -0.1) is 0 Å². The Labute approximate surface area is 138 Å². The predicted octanol–water partition coefficient (Wildman–Crippen LogP) is 6.64. The Kier molecular flexibility index (Phi) is 17.4. The lowest BCUT2D eigenvalue weighted by atomic mass is 10.1. The van der Waals surface area contributed by atoms with E-state index in [1.54, 1.807) is 13.1 Å². The van der Waals surface area contributed by atoms with E-state index < -0.39 is 0 Å². The smallest absolute Gasteiger partial charge is 0.245 e. The molecule has 0 aliphatic rings. The fraction of sp³-hybridized carbons (Fsp3) is 0.800. The maximum Gasteiger partial charge on any atom is 0.245 e. The van der Waals surface area contributed by atoms with Gasteiger partial charge in [0.15, 0.2) is 0 Å². The second-order valence-corrected chi connectivity index (χ2v) is 6.12. The van der Waals surface area contributed by atoms with E-state index in [4.69, 9.17) is 0 Å². The molecular formula is C20H37NO. The van der Waals surface area contributed by atoms with Crippen molar-refractivity contribution in [3.63, 3.8) is 0 Å². The number of nitrogens with zero attached hydrogens (tertiary/aromatic N) is 1. The Bertz CT molecular complexity index is 294. The van der Waals surface area contributed by atoms with E-state index in [9.17, 15) is 4.79 Å². The standard InChI is InChI=1S/C20H37NO/c1-3-5-6-7-8-9-10-11-12-13-14-15-16-17-18-19-20(22)21-4-2/h4,11-12H,3,5-10,13-19H2,1-2H3/b12-11-,21-4?. The third kappa shape index (κ3) is 17.1. The largest absolute Gasteiger partial charge is 0.273 e. The monoisotopic (exact) mass is 307 g/mol. The maximum atomic E-state index is 11.2. The minimum atomic E-state index is 0.0279. The number of hydrogen-bond donors (Lipinski definition) is 0. The van der Waals surface area contributed by atoms with Crippen LogP contribution in [0.3, 0.4) is 0 Å². The van der Waals surface area contributed by atoms with Crippen LogP contribution in [0.1, 0.15) is 104 Å². The van der Waals surface area contributed by atoms with Crippen LogP contribution >= 0.6 is 0 Å². The van der Waals surface area contributed by atoms with E-state index in [1.165, 1.54) is 70.6 Å². The van der Waals surface area contributed by atoms with Crippen molar-refractivity contribution in [1.29, 1.82) is 0 Å². The van der Waals surface area contributed by atoms with Crippen LogP contribution in [-0.2, 0) is 4.79 Å². The number of carbonyl (C=O) groups is 1. The van der Waals surface area contributed by atoms with Gasteiger partial charge in [-0.05, 0) is 39.0 Å². The van der Waals surface area contributed by atoms with E-state index in [0.717, 1.165) is 12.8 Å². The summed E-state index contributed by atoms with van der Waals surface area (Å²) in [6, 6.07) is 0. The summed E-state index contributed by atoms with van der Waals surface area (Å²) in [5.74, 6) is 0.0279. The molecule has 0 aliphatic heterocycles. The van der Waals surface area contributed by atoms with Crippen LogP contribution in [0.5, 0.6) is 0 Å². The molecule has 2 nitrogen and oxygen atoms in total. The summed E-state index contributed by atoms with van der Waals surface area (Å²) in [4.78, 5) is 14.9. The van der Waals surface area contributed by atoms with Gasteiger partial charge in [0.1, 0.15) is 0 Å². The molecule has 0 unspecified atom stereocenters. The Morgan fingerprint density at radius 3 is 1.82 bits per heavy atom. The minimum Gasteiger partial charge on any atom is -0.273 e. The first-order chi connectivity index (χ1) is 10.8. The molecule has 22 heavy (non-hydrogen) atoms. The second kappa shape index (κ2) is 18.1. The number of allylic oxidation sites excluding steroid dienone is 2. The summed E-state index contributed by atoms with van der Waals surface area (Å²) in [5, 5.41) is 0. The fourth-order valence-electron chi connectivity index (χ4n) is 2.56. The average Bonchev–Trinajstić information content (AvgIpc) is 2.51. The summed E-state index contributed by atoms with van der Waals surface area (Å²) in [6.45, 7) is 4.06. The molecule has 0 aromatic heterocycles. The number of unbranched alkanes of at least 4 members (excludes halogenated alkanes) is 11. The molecule has 0 aromatic carbocycles. The third-order valence-corrected chi connectivity index (χ3v) is 3.93. The number of hydrogen-bond acceptors (Lipinski definition) is 1. The number of amides is 1. The molecule has 2 heteroatoms. The van der Waals surface area contributed by atoms with Crippen molar-refractivity contribution in [1.82, 2.24) is 0 Å². The summed E-state index contributed by atoms with van der Waals surface area (Å²) in [6.07, 6.45) is 23.7. The van der Waals surface area contributed by atoms with Gasteiger partial charge < -0.3 is 0 Å². The SMILES string of the molecule is CC=NC(=O)CCCCCCC/C=C\CCCCCCCC. The molecule has 0 saturated carbocycles. The van der Waals surface area contributed by atoms with Crippen molar-refractivity contribution in [2.45, 2.75) is 104 Å². The maximum absolute atomic E-state index is 11.2. The van der Waals surface area contributed by atoms with E-state index >= 15 is 0 Å². The fourth-order valence-corrected chi connectivity index (χ4v) is 2.56. The van der Waals surface area contributed by atoms with E-state index in [0.29, 0.717) is 6.42 Å². The van der Waals surface area contributed by atoms with Gasteiger partial charge in [-0.2, -0.15) is 0 Å². The van der Waals surface area contributed by atoms with Crippen molar-refractivity contribution in [3.8, 4) is 0 Å². The average molecular weight is 308 g/mol. The summed E-state index contributed by atoms with van der Waals surface area (Å²) in [5.41, 5.74) is 0. The third-order valence-electron chi connectivity index (χ3n) is 3.93. The lowest BCUT2D eigenvalue weighted by molar-refractivity contribution is -0.117. The summed E-state index contributed by atoms with van der Waals surface area (Å²) in [7, 11) is 0. The van der Waals surface area contributed by atoms with Crippen LogP contribution in [0.15, 0.2) is 17.1 Å².